The van der Waals surface area contributed by atoms with E-state index in [-0.39, 0.29) is 0 Å². The minimum Gasteiger partial charge on any atom is -0.468 e. The molecule has 0 spiro atoms. The van der Waals surface area contributed by atoms with Gasteiger partial charge in [-0.3, -0.25) is 4.79 Å². The summed E-state index contributed by atoms with van der Waals surface area (Å²) in [6.45, 7) is 4.19. The number of carbonyl (C=O) groups excluding carboxylic acids is 1. The number of carbonyl (C=O) groups is 1. The van der Waals surface area contributed by atoms with Gasteiger partial charge in [-0.1, -0.05) is 6.92 Å². The predicted octanol–water partition coefficient (Wildman–Crippen LogP) is 1.50. The molecule has 1 fully saturated rings. The summed E-state index contributed by atoms with van der Waals surface area (Å²) in [5.41, 5.74) is 8.46. The van der Waals surface area contributed by atoms with Crippen molar-refractivity contribution in [1.29, 1.82) is 0 Å². The molecule has 114 valence electrons. The molecule has 4 atom stereocenters. The molecule has 0 bridgehead atoms. The van der Waals surface area contributed by atoms with Crippen molar-refractivity contribution < 1.29 is 14.1 Å². The topological polar surface area (TPSA) is 78.3 Å². The minimum absolute atomic E-state index is 0.426. The highest BCUT2D eigenvalue weighted by Gasteiger charge is 2.50. The second-order valence-corrected chi connectivity index (χ2v) is 6.46. The van der Waals surface area contributed by atoms with E-state index in [2.05, 4.69) is 6.92 Å². The zero-order valence-electron chi connectivity index (χ0n) is 12.7. The van der Waals surface area contributed by atoms with Crippen LogP contribution in [0.3, 0.4) is 0 Å². The van der Waals surface area contributed by atoms with Crippen LogP contribution in [0.25, 0.3) is 0 Å². The van der Waals surface area contributed by atoms with Crippen molar-refractivity contribution in [3.63, 3.8) is 0 Å². The first-order chi connectivity index (χ1) is 9.51. The number of quaternary nitrogens is 1. The maximum Gasteiger partial charge on any atom is 0.293 e. The second-order valence-electron chi connectivity index (χ2n) is 6.46. The highest BCUT2D eigenvalue weighted by Crippen LogP contribution is 2.54. The molecule has 4 N–H and O–H groups in total. The first kappa shape index (κ1) is 15.3. The summed E-state index contributed by atoms with van der Waals surface area (Å²) in [5.74, 6) is 8.31. The predicted molar refractivity (Wildman–Crippen MR) is 77.7 cm³/mol. The first-order valence-electron chi connectivity index (χ1n) is 7.68. The number of nitrogens with zero attached hydrogens (tertiary/aromatic N) is 1. The third-order valence-corrected chi connectivity index (χ3v) is 5.00. The first-order valence-corrected chi connectivity index (χ1v) is 7.68. The lowest BCUT2D eigenvalue weighted by Crippen LogP contribution is -2.51. The van der Waals surface area contributed by atoms with Crippen LogP contribution in [0.4, 0.5) is 0 Å². The molecule has 0 aromatic rings. The molecule has 20 heavy (non-hydrogen) atoms. The third kappa shape index (κ3) is 3.15. The van der Waals surface area contributed by atoms with E-state index >= 15 is 0 Å². The van der Waals surface area contributed by atoms with E-state index in [0.29, 0.717) is 35.4 Å². The van der Waals surface area contributed by atoms with Gasteiger partial charge in [-0.2, -0.15) is 5.84 Å². The number of allylic oxidation sites excluding steroid dienone is 2. The van der Waals surface area contributed by atoms with E-state index in [1.54, 1.807) is 0 Å². The van der Waals surface area contributed by atoms with Crippen LogP contribution in [0, 0.1) is 17.8 Å². The fourth-order valence-corrected chi connectivity index (χ4v) is 3.89. The molecule has 0 aromatic heterocycles. The Morgan fingerprint density at radius 2 is 2.00 bits per heavy atom. The molecular formula is C15H28N3O2+. The summed E-state index contributed by atoms with van der Waals surface area (Å²) in [7, 11) is 2.05. The Kier molecular flexibility index (Phi) is 4.70. The van der Waals surface area contributed by atoms with Gasteiger partial charge < -0.3 is 10.5 Å². The minimum atomic E-state index is 0.426. The molecule has 0 radical (unpaired) electrons. The molecule has 2 aliphatic carbocycles. The summed E-state index contributed by atoms with van der Waals surface area (Å²) >= 11 is 0. The molecule has 2 rings (SSSR count). The van der Waals surface area contributed by atoms with Crippen LogP contribution in [0.1, 0.15) is 39.0 Å². The SMILES string of the molecule is CCC[N+](C)(N)/C1=C(\N)CCC2C(CC1)C2COC=O. The van der Waals surface area contributed by atoms with Crippen molar-refractivity contribution in [2.24, 2.45) is 29.3 Å². The molecule has 5 heteroatoms. The lowest BCUT2D eigenvalue weighted by molar-refractivity contribution is -0.886. The van der Waals surface area contributed by atoms with E-state index < -0.39 is 0 Å². The lowest BCUT2D eigenvalue weighted by Gasteiger charge is -2.31. The fourth-order valence-electron chi connectivity index (χ4n) is 3.89. The molecular weight excluding hydrogens is 254 g/mol. The molecule has 2 aliphatic rings. The fraction of sp³-hybridized carbons (Fsp3) is 0.800. The molecule has 0 amide bonds. The van der Waals surface area contributed by atoms with Gasteiger partial charge in [0, 0.05) is 6.42 Å². The van der Waals surface area contributed by atoms with Gasteiger partial charge in [-0.25, -0.2) is 4.59 Å². The Morgan fingerprint density at radius 3 is 2.60 bits per heavy atom. The number of rotatable bonds is 6. The summed E-state index contributed by atoms with van der Waals surface area (Å²) < 4.78 is 5.36. The zero-order chi connectivity index (χ0) is 14.8. The van der Waals surface area contributed by atoms with E-state index in [0.717, 1.165) is 44.3 Å². The average molecular weight is 282 g/mol. The zero-order valence-corrected chi connectivity index (χ0v) is 12.7. The summed E-state index contributed by atoms with van der Waals surface area (Å²) in [4.78, 5) is 10.3. The van der Waals surface area contributed by atoms with Gasteiger partial charge in [0.05, 0.1) is 19.4 Å². The molecule has 0 heterocycles. The summed E-state index contributed by atoms with van der Waals surface area (Å²) in [6, 6.07) is 0. The van der Waals surface area contributed by atoms with Crippen LogP contribution in [0.2, 0.25) is 0 Å². The van der Waals surface area contributed by atoms with Crippen molar-refractivity contribution in [3.8, 4) is 0 Å². The van der Waals surface area contributed by atoms with E-state index in [1.807, 2.05) is 7.05 Å². The van der Waals surface area contributed by atoms with E-state index in [1.165, 1.54) is 5.70 Å². The van der Waals surface area contributed by atoms with Crippen LogP contribution in [0.5, 0.6) is 0 Å². The number of hydrogen-bond acceptors (Lipinski definition) is 4. The Bertz CT molecular complexity index is 393. The summed E-state index contributed by atoms with van der Waals surface area (Å²) in [6.07, 6.45) is 5.15. The normalized spacial score (nSPS) is 36.2. The van der Waals surface area contributed by atoms with Gasteiger partial charge >= 0.3 is 0 Å². The van der Waals surface area contributed by atoms with E-state index in [9.17, 15) is 4.79 Å². The van der Waals surface area contributed by atoms with Gasteiger partial charge in [0.1, 0.15) is 12.2 Å². The van der Waals surface area contributed by atoms with Gasteiger partial charge in [0.15, 0.2) is 0 Å². The maximum absolute atomic E-state index is 10.3. The van der Waals surface area contributed by atoms with Crippen molar-refractivity contribution in [2.75, 3.05) is 20.2 Å². The number of nitrogens with two attached hydrogens (primary N) is 2. The largest absolute Gasteiger partial charge is 0.468 e. The number of hydrogen-bond donors (Lipinski definition) is 2. The van der Waals surface area contributed by atoms with Crippen molar-refractivity contribution >= 4 is 6.47 Å². The Labute approximate surface area is 121 Å². The van der Waals surface area contributed by atoms with Crippen molar-refractivity contribution in [1.82, 2.24) is 0 Å². The molecule has 1 saturated carbocycles. The van der Waals surface area contributed by atoms with Crippen LogP contribution < -0.4 is 11.6 Å². The molecule has 4 unspecified atom stereocenters. The Hall–Kier alpha value is -1.07. The maximum atomic E-state index is 10.3. The highest BCUT2D eigenvalue weighted by molar-refractivity contribution is 5.37. The number of ether oxygens (including phenoxy) is 1. The standard InChI is InChI=1S/C15H28N3O2/c1-3-8-18(2,17)15-7-5-12-11(4-6-14(15)16)13(12)9-20-10-19/h10-13H,3-9,16-17H2,1-2H3/q+1/b15-14-. The quantitative estimate of drug-likeness (QED) is 0.335. The Balaban J connectivity index is 2.00. The Morgan fingerprint density at radius 1 is 1.35 bits per heavy atom. The van der Waals surface area contributed by atoms with Crippen LogP contribution in [-0.2, 0) is 9.53 Å². The van der Waals surface area contributed by atoms with Gasteiger partial charge in [0.25, 0.3) is 6.47 Å². The van der Waals surface area contributed by atoms with Gasteiger partial charge in [0.2, 0.25) is 0 Å². The third-order valence-electron chi connectivity index (χ3n) is 5.00. The van der Waals surface area contributed by atoms with Gasteiger partial charge in [-0.05, 0) is 43.4 Å². The summed E-state index contributed by atoms with van der Waals surface area (Å²) in [5, 5.41) is 0. The molecule has 0 aromatic carbocycles. The van der Waals surface area contributed by atoms with Crippen molar-refractivity contribution in [3.05, 3.63) is 11.4 Å². The van der Waals surface area contributed by atoms with Crippen LogP contribution in [0.15, 0.2) is 11.4 Å². The number of fused-ring (bicyclic) bond motifs is 1. The lowest BCUT2D eigenvalue weighted by atomic mass is 10.0. The van der Waals surface area contributed by atoms with Crippen molar-refractivity contribution in [2.45, 2.75) is 39.0 Å². The highest BCUT2D eigenvalue weighted by atomic mass is 16.5. The molecule has 0 aliphatic heterocycles. The van der Waals surface area contributed by atoms with E-state index in [4.69, 9.17) is 16.3 Å². The average Bonchev–Trinajstić information content (AvgIpc) is 3.02. The molecule has 0 saturated heterocycles. The molecule has 5 nitrogen and oxygen atoms in total. The van der Waals surface area contributed by atoms with Crippen LogP contribution >= 0.6 is 0 Å². The van der Waals surface area contributed by atoms with Crippen LogP contribution in [-0.4, -0.2) is 31.3 Å². The second kappa shape index (κ2) is 6.14. The smallest absolute Gasteiger partial charge is 0.293 e. The monoisotopic (exact) mass is 282 g/mol. The van der Waals surface area contributed by atoms with Gasteiger partial charge in [-0.15, -0.1) is 0 Å².